The first-order valence-electron chi connectivity index (χ1n) is 10.4. The Morgan fingerprint density at radius 1 is 1.00 bits per heavy atom. The zero-order chi connectivity index (χ0) is 20.9. The number of carbonyl (C=O) groups is 1. The molecule has 1 unspecified atom stereocenters. The third-order valence-electron chi connectivity index (χ3n) is 5.07. The summed E-state index contributed by atoms with van der Waals surface area (Å²) in [6.45, 7) is 11.9. The molecule has 156 valence electrons. The predicted octanol–water partition coefficient (Wildman–Crippen LogP) is 4.91. The molecule has 5 heteroatoms. The van der Waals surface area contributed by atoms with Gasteiger partial charge in [-0.1, -0.05) is 42.5 Å². The summed E-state index contributed by atoms with van der Waals surface area (Å²) >= 11 is 0. The lowest BCUT2D eigenvalue weighted by Crippen LogP contribution is -2.49. The van der Waals surface area contributed by atoms with E-state index in [4.69, 9.17) is 4.74 Å². The molecule has 1 aliphatic rings. The van der Waals surface area contributed by atoms with E-state index in [1.165, 1.54) is 11.1 Å². The van der Waals surface area contributed by atoms with E-state index in [2.05, 4.69) is 65.7 Å². The molecule has 1 heterocycles. The number of carbonyl (C=O) groups excluding carboxylic acids is 1. The molecule has 3 rings (SSSR count). The quantitative estimate of drug-likeness (QED) is 0.781. The van der Waals surface area contributed by atoms with Gasteiger partial charge in [0.25, 0.3) is 0 Å². The predicted molar refractivity (Wildman–Crippen MR) is 118 cm³/mol. The van der Waals surface area contributed by atoms with Gasteiger partial charge in [0.05, 0.1) is 0 Å². The summed E-state index contributed by atoms with van der Waals surface area (Å²) in [5, 5.41) is 3.55. The minimum atomic E-state index is -0.442. The lowest BCUT2D eigenvalue weighted by Gasteiger charge is -2.35. The van der Waals surface area contributed by atoms with Gasteiger partial charge in [0.2, 0.25) is 0 Å². The van der Waals surface area contributed by atoms with Crippen LogP contribution in [0, 0.1) is 0 Å². The summed E-state index contributed by atoms with van der Waals surface area (Å²) in [6, 6.07) is 19.4. The smallest absolute Gasteiger partial charge is 0.410 e. The van der Waals surface area contributed by atoms with Crippen molar-refractivity contribution < 1.29 is 9.53 Å². The van der Waals surface area contributed by atoms with Crippen LogP contribution in [-0.2, 0) is 11.3 Å². The first-order chi connectivity index (χ1) is 13.8. The largest absolute Gasteiger partial charge is 0.444 e. The maximum absolute atomic E-state index is 12.2. The molecule has 0 radical (unpaired) electrons. The molecule has 0 spiro atoms. The van der Waals surface area contributed by atoms with Crippen molar-refractivity contribution in [3.05, 3.63) is 65.7 Å². The summed E-state index contributed by atoms with van der Waals surface area (Å²) in [7, 11) is 0. The number of piperazine rings is 1. The molecule has 0 saturated carbocycles. The van der Waals surface area contributed by atoms with E-state index in [-0.39, 0.29) is 12.1 Å². The molecule has 2 aromatic carbocycles. The maximum atomic E-state index is 12.2. The number of anilines is 1. The summed E-state index contributed by atoms with van der Waals surface area (Å²) in [4.78, 5) is 16.4. The van der Waals surface area contributed by atoms with Gasteiger partial charge in [-0.15, -0.1) is 0 Å². The number of benzene rings is 2. The van der Waals surface area contributed by atoms with E-state index < -0.39 is 5.60 Å². The Balaban J connectivity index is 1.46. The Morgan fingerprint density at radius 2 is 1.62 bits per heavy atom. The summed E-state index contributed by atoms with van der Waals surface area (Å²) in [6.07, 6.45) is -0.208. The Morgan fingerprint density at radius 3 is 2.21 bits per heavy atom. The molecule has 2 aromatic rings. The highest BCUT2D eigenvalue weighted by Gasteiger charge is 2.25. The van der Waals surface area contributed by atoms with E-state index in [1.54, 1.807) is 4.90 Å². The standard InChI is InChI=1S/C24H33N3O2/c1-19(21-8-6-5-7-9-21)25-22-12-10-20(11-13-22)18-26-14-16-27(17-15-26)23(28)29-24(2,3)4/h5-13,19,25H,14-18H2,1-4H3. The van der Waals surface area contributed by atoms with Crippen LogP contribution < -0.4 is 5.32 Å². The average Bonchev–Trinajstić information content (AvgIpc) is 2.69. The van der Waals surface area contributed by atoms with Gasteiger partial charge in [0, 0.05) is 44.5 Å². The van der Waals surface area contributed by atoms with Crippen LogP contribution in [0.2, 0.25) is 0 Å². The third-order valence-corrected chi connectivity index (χ3v) is 5.07. The maximum Gasteiger partial charge on any atom is 0.410 e. The molecular weight excluding hydrogens is 362 g/mol. The average molecular weight is 396 g/mol. The number of amides is 1. The monoisotopic (exact) mass is 395 g/mol. The number of rotatable bonds is 5. The van der Waals surface area contributed by atoms with E-state index in [1.807, 2.05) is 26.8 Å². The van der Waals surface area contributed by atoms with Crippen LogP contribution in [0.3, 0.4) is 0 Å². The lowest BCUT2D eigenvalue weighted by atomic mass is 10.1. The van der Waals surface area contributed by atoms with Gasteiger partial charge >= 0.3 is 6.09 Å². The van der Waals surface area contributed by atoms with Crippen molar-refractivity contribution in [3.8, 4) is 0 Å². The minimum Gasteiger partial charge on any atom is -0.444 e. The van der Waals surface area contributed by atoms with Crippen LogP contribution in [0.1, 0.15) is 44.9 Å². The molecule has 1 N–H and O–H groups in total. The van der Waals surface area contributed by atoms with Gasteiger partial charge < -0.3 is 15.0 Å². The number of nitrogens with zero attached hydrogens (tertiary/aromatic N) is 2. The molecule has 1 amide bonds. The van der Waals surface area contributed by atoms with Gasteiger partial charge in [-0.3, -0.25) is 4.90 Å². The van der Waals surface area contributed by atoms with Crippen molar-refractivity contribution >= 4 is 11.8 Å². The zero-order valence-corrected chi connectivity index (χ0v) is 18.0. The van der Waals surface area contributed by atoms with Crippen molar-refractivity contribution in [2.45, 2.75) is 45.9 Å². The number of nitrogens with one attached hydrogen (secondary N) is 1. The van der Waals surface area contributed by atoms with Crippen molar-refractivity contribution in [1.29, 1.82) is 0 Å². The van der Waals surface area contributed by atoms with Gasteiger partial charge in [0.1, 0.15) is 5.60 Å². The normalized spacial score (nSPS) is 16.3. The summed E-state index contributed by atoms with van der Waals surface area (Å²) < 4.78 is 5.47. The highest BCUT2D eigenvalue weighted by molar-refractivity contribution is 5.68. The minimum absolute atomic E-state index is 0.208. The fraction of sp³-hybridized carbons (Fsp3) is 0.458. The third kappa shape index (κ3) is 6.50. The molecule has 5 nitrogen and oxygen atoms in total. The van der Waals surface area contributed by atoms with E-state index >= 15 is 0 Å². The number of hydrogen-bond acceptors (Lipinski definition) is 4. The highest BCUT2D eigenvalue weighted by atomic mass is 16.6. The van der Waals surface area contributed by atoms with Crippen molar-refractivity contribution in [2.75, 3.05) is 31.5 Å². The van der Waals surface area contributed by atoms with Gasteiger partial charge in [-0.2, -0.15) is 0 Å². The summed E-state index contributed by atoms with van der Waals surface area (Å²) in [5.74, 6) is 0. The van der Waals surface area contributed by atoms with E-state index in [0.717, 1.165) is 25.3 Å². The first-order valence-corrected chi connectivity index (χ1v) is 10.4. The Hall–Kier alpha value is -2.53. The van der Waals surface area contributed by atoms with Gasteiger partial charge in [-0.25, -0.2) is 4.79 Å². The fourth-order valence-electron chi connectivity index (χ4n) is 3.45. The Bertz CT molecular complexity index is 776. The Kier molecular flexibility index (Phi) is 6.80. The van der Waals surface area contributed by atoms with Crippen molar-refractivity contribution in [2.24, 2.45) is 0 Å². The first kappa shape index (κ1) is 21.2. The van der Waals surface area contributed by atoms with E-state index in [0.29, 0.717) is 13.1 Å². The van der Waals surface area contributed by atoms with Crippen LogP contribution in [0.15, 0.2) is 54.6 Å². The lowest BCUT2D eigenvalue weighted by molar-refractivity contribution is 0.0139. The molecule has 1 atom stereocenters. The Labute approximate surface area is 174 Å². The molecule has 29 heavy (non-hydrogen) atoms. The topological polar surface area (TPSA) is 44.8 Å². The molecule has 1 fully saturated rings. The molecule has 0 aliphatic carbocycles. The van der Waals surface area contributed by atoms with Gasteiger partial charge in [0.15, 0.2) is 0 Å². The molecule has 1 aliphatic heterocycles. The van der Waals surface area contributed by atoms with E-state index in [9.17, 15) is 4.79 Å². The second kappa shape index (κ2) is 9.31. The van der Waals surface area contributed by atoms with Crippen LogP contribution in [0.25, 0.3) is 0 Å². The highest BCUT2D eigenvalue weighted by Crippen LogP contribution is 2.20. The van der Waals surface area contributed by atoms with Crippen LogP contribution in [0.5, 0.6) is 0 Å². The molecule has 0 aromatic heterocycles. The van der Waals surface area contributed by atoms with Gasteiger partial charge in [-0.05, 0) is 51.0 Å². The van der Waals surface area contributed by atoms with Crippen LogP contribution >= 0.6 is 0 Å². The number of ether oxygens (including phenoxy) is 1. The SMILES string of the molecule is CC(Nc1ccc(CN2CCN(C(=O)OC(C)(C)C)CC2)cc1)c1ccccc1. The second-order valence-electron chi connectivity index (χ2n) is 8.72. The van der Waals surface area contributed by atoms with Crippen LogP contribution in [0.4, 0.5) is 10.5 Å². The molecular formula is C24H33N3O2. The van der Waals surface area contributed by atoms with Crippen LogP contribution in [-0.4, -0.2) is 47.7 Å². The second-order valence-corrected chi connectivity index (χ2v) is 8.72. The van der Waals surface area contributed by atoms with Crippen molar-refractivity contribution in [3.63, 3.8) is 0 Å². The zero-order valence-electron chi connectivity index (χ0n) is 18.0. The molecule has 1 saturated heterocycles. The van der Waals surface area contributed by atoms with Crippen molar-refractivity contribution in [1.82, 2.24) is 9.80 Å². The summed E-state index contributed by atoms with van der Waals surface area (Å²) in [5.41, 5.74) is 3.25. The number of hydrogen-bond donors (Lipinski definition) is 1. The fourth-order valence-corrected chi connectivity index (χ4v) is 3.45. The molecule has 0 bridgehead atoms.